The van der Waals surface area contributed by atoms with Gasteiger partial charge in [0.25, 0.3) is 0 Å². The number of thioether (sulfide) groups is 1. The lowest BCUT2D eigenvalue weighted by molar-refractivity contribution is -0.192. The van der Waals surface area contributed by atoms with Gasteiger partial charge in [-0.25, -0.2) is 0 Å². The van der Waals surface area contributed by atoms with Crippen LogP contribution in [0.3, 0.4) is 0 Å². The molecule has 1 aromatic rings. The third-order valence-corrected chi connectivity index (χ3v) is 4.38. The summed E-state index contributed by atoms with van der Waals surface area (Å²) < 4.78 is 5.50. The smallest absolute Gasteiger partial charge is 0.132 e. The maximum absolute atomic E-state index is 9.86. The van der Waals surface area contributed by atoms with E-state index >= 15 is 0 Å². The number of benzene rings is 1. The average Bonchev–Trinajstić information content (AvgIpc) is 2.47. The number of rotatable bonds is 4. The second kappa shape index (κ2) is 7.24. The topological polar surface area (TPSA) is 69.9 Å². The van der Waals surface area contributed by atoms with Gasteiger partial charge in [0.15, 0.2) is 0 Å². The van der Waals surface area contributed by atoms with Gasteiger partial charge in [-0.15, -0.1) is 11.8 Å². The van der Waals surface area contributed by atoms with E-state index in [0.717, 1.165) is 5.56 Å². The molecule has 3 N–H and O–H groups in total. The highest BCUT2D eigenvalue weighted by atomic mass is 32.2. The summed E-state index contributed by atoms with van der Waals surface area (Å²) in [6.07, 6.45) is 0.228. The normalized spacial score (nSPS) is 34.5. The minimum atomic E-state index is -1.16. The first kappa shape index (κ1) is 15.5. The van der Waals surface area contributed by atoms with Crippen LogP contribution in [0.5, 0.6) is 0 Å². The molecule has 20 heavy (non-hydrogen) atoms. The van der Waals surface area contributed by atoms with Crippen molar-refractivity contribution in [2.75, 3.05) is 5.75 Å². The molecule has 110 valence electrons. The molecule has 0 unspecified atom stereocenters. The van der Waals surface area contributed by atoms with Crippen LogP contribution in [0.25, 0.3) is 6.08 Å². The molecule has 5 atom stereocenters. The largest absolute Gasteiger partial charge is 0.388 e. The highest BCUT2D eigenvalue weighted by molar-refractivity contribution is 7.99. The van der Waals surface area contributed by atoms with E-state index in [0.29, 0.717) is 5.75 Å². The van der Waals surface area contributed by atoms with Gasteiger partial charge in [0.1, 0.15) is 23.7 Å². The molecule has 1 aliphatic heterocycles. The minimum Gasteiger partial charge on any atom is -0.388 e. The molecular weight excluding hydrogens is 276 g/mol. The van der Waals surface area contributed by atoms with E-state index in [4.69, 9.17) is 4.74 Å². The van der Waals surface area contributed by atoms with Gasteiger partial charge in [-0.2, -0.15) is 0 Å². The summed E-state index contributed by atoms with van der Waals surface area (Å²) in [6, 6.07) is 9.93. The Morgan fingerprint density at radius 2 is 1.80 bits per heavy atom. The monoisotopic (exact) mass is 296 g/mol. The second-order valence-electron chi connectivity index (χ2n) is 4.83. The summed E-state index contributed by atoms with van der Waals surface area (Å²) in [6.45, 7) is 1.69. The third-order valence-electron chi connectivity index (χ3n) is 3.27. The molecule has 1 saturated heterocycles. The van der Waals surface area contributed by atoms with Crippen LogP contribution in [0.2, 0.25) is 0 Å². The predicted octanol–water partition coefficient (Wildman–Crippen LogP) is 1.26. The fourth-order valence-electron chi connectivity index (χ4n) is 2.05. The highest BCUT2D eigenvalue weighted by Gasteiger charge is 2.41. The molecule has 0 amide bonds. The van der Waals surface area contributed by atoms with Crippen molar-refractivity contribution in [1.29, 1.82) is 0 Å². The van der Waals surface area contributed by atoms with Crippen molar-refractivity contribution in [3.63, 3.8) is 0 Å². The van der Waals surface area contributed by atoms with Crippen molar-refractivity contribution in [1.82, 2.24) is 0 Å². The molecule has 0 radical (unpaired) electrons. The Kier molecular flexibility index (Phi) is 5.63. The molecule has 1 aromatic carbocycles. The van der Waals surface area contributed by atoms with Gasteiger partial charge in [-0.05, 0) is 12.5 Å². The van der Waals surface area contributed by atoms with E-state index in [1.54, 1.807) is 6.92 Å². The Morgan fingerprint density at radius 3 is 2.50 bits per heavy atom. The van der Waals surface area contributed by atoms with Crippen LogP contribution in [-0.2, 0) is 4.74 Å². The van der Waals surface area contributed by atoms with Crippen molar-refractivity contribution in [3.8, 4) is 0 Å². The van der Waals surface area contributed by atoms with Crippen LogP contribution >= 0.6 is 11.8 Å². The van der Waals surface area contributed by atoms with Crippen LogP contribution in [0.1, 0.15) is 12.5 Å². The lowest BCUT2D eigenvalue weighted by Gasteiger charge is -2.38. The minimum absolute atomic E-state index is 0.482. The van der Waals surface area contributed by atoms with Crippen LogP contribution in [-0.4, -0.2) is 50.9 Å². The van der Waals surface area contributed by atoms with Gasteiger partial charge in [0.2, 0.25) is 0 Å². The lowest BCUT2D eigenvalue weighted by Crippen LogP contribution is -2.55. The Labute approximate surface area is 123 Å². The van der Waals surface area contributed by atoms with Crippen LogP contribution in [0, 0.1) is 0 Å². The Balaban J connectivity index is 1.83. The Hall–Kier alpha value is -0.850. The summed E-state index contributed by atoms with van der Waals surface area (Å²) in [5.41, 5.74) is 0.589. The summed E-state index contributed by atoms with van der Waals surface area (Å²) in [5, 5.41) is 29.2. The zero-order valence-corrected chi connectivity index (χ0v) is 12.1. The van der Waals surface area contributed by atoms with Gasteiger partial charge in [0, 0.05) is 5.75 Å². The maximum atomic E-state index is 9.86. The maximum Gasteiger partial charge on any atom is 0.132 e. The molecule has 1 fully saturated rings. The van der Waals surface area contributed by atoms with Crippen LogP contribution in [0.15, 0.2) is 36.4 Å². The van der Waals surface area contributed by atoms with Gasteiger partial charge in [0.05, 0.1) is 6.10 Å². The van der Waals surface area contributed by atoms with E-state index in [-0.39, 0.29) is 0 Å². The molecule has 5 heteroatoms. The highest BCUT2D eigenvalue weighted by Crippen LogP contribution is 2.28. The quantitative estimate of drug-likeness (QED) is 0.780. The predicted molar refractivity (Wildman–Crippen MR) is 80.3 cm³/mol. The Bertz CT molecular complexity index is 437. The van der Waals surface area contributed by atoms with Gasteiger partial charge < -0.3 is 20.1 Å². The zero-order valence-electron chi connectivity index (χ0n) is 11.3. The number of ether oxygens (including phenoxy) is 1. The summed E-state index contributed by atoms with van der Waals surface area (Å²) in [7, 11) is 0. The first-order chi connectivity index (χ1) is 9.59. The van der Waals surface area contributed by atoms with E-state index in [9.17, 15) is 15.3 Å². The molecule has 1 aliphatic rings. The van der Waals surface area contributed by atoms with E-state index < -0.39 is 29.9 Å². The first-order valence-electron chi connectivity index (χ1n) is 6.62. The standard InChI is InChI=1S/C15H20O4S/c1-10-12(16)13(17)14(18)15(19-10)20-9-5-8-11-6-3-2-4-7-11/h2-8,10,12-18H,9H2,1H3/b8-5+/t10-,12-,13+,14+,15-/m1/s1. The molecule has 0 aliphatic carbocycles. The summed E-state index contributed by atoms with van der Waals surface area (Å²) >= 11 is 1.40. The summed E-state index contributed by atoms with van der Waals surface area (Å²) in [5.74, 6) is 0.659. The number of aliphatic hydroxyl groups is 3. The lowest BCUT2D eigenvalue weighted by atomic mass is 10.0. The number of hydrogen-bond acceptors (Lipinski definition) is 5. The van der Waals surface area contributed by atoms with Gasteiger partial charge in [-0.3, -0.25) is 0 Å². The molecule has 0 saturated carbocycles. The fourth-order valence-corrected chi connectivity index (χ4v) is 3.06. The van der Waals surface area contributed by atoms with Gasteiger partial charge in [-0.1, -0.05) is 42.5 Å². The zero-order chi connectivity index (χ0) is 14.5. The van der Waals surface area contributed by atoms with Crippen LogP contribution in [0.4, 0.5) is 0 Å². The molecule has 1 heterocycles. The van der Waals surface area contributed by atoms with E-state index in [1.807, 2.05) is 42.5 Å². The summed E-state index contributed by atoms with van der Waals surface area (Å²) in [4.78, 5) is 0. The molecule has 0 aromatic heterocycles. The SMILES string of the molecule is C[C@H]1O[C@H](SC/C=C/c2ccccc2)[C@@H](O)[C@@H](O)[C@@H]1O. The average molecular weight is 296 g/mol. The molecule has 4 nitrogen and oxygen atoms in total. The number of hydrogen-bond donors (Lipinski definition) is 3. The molecule has 2 rings (SSSR count). The fraction of sp³-hybridized carbons (Fsp3) is 0.467. The van der Waals surface area contributed by atoms with E-state index in [1.165, 1.54) is 11.8 Å². The molecule has 0 spiro atoms. The molecular formula is C15H20O4S. The van der Waals surface area contributed by atoms with E-state index in [2.05, 4.69) is 0 Å². The van der Waals surface area contributed by atoms with Crippen LogP contribution < -0.4 is 0 Å². The van der Waals surface area contributed by atoms with Crippen molar-refractivity contribution >= 4 is 17.8 Å². The van der Waals surface area contributed by atoms with Crippen molar-refractivity contribution < 1.29 is 20.1 Å². The Morgan fingerprint density at radius 1 is 1.10 bits per heavy atom. The van der Waals surface area contributed by atoms with Crippen molar-refractivity contribution in [2.45, 2.75) is 36.8 Å². The number of aliphatic hydroxyl groups excluding tert-OH is 3. The first-order valence-corrected chi connectivity index (χ1v) is 7.67. The molecule has 0 bridgehead atoms. The van der Waals surface area contributed by atoms with Gasteiger partial charge >= 0.3 is 0 Å². The third kappa shape index (κ3) is 3.84. The van der Waals surface area contributed by atoms with Crippen molar-refractivity contribution in [2.24, 2.45) is 0 Å². The van der Waals surface area contributed by atoms with Crippen molar-refractivity contribution in [3.05, 3.63) is 42.0 Å². The second-order valence-corrected chi connectivity index (χ2v) is 5.96.